The molecule has 1 rings (SSSR count). The van der Waals surface area contributed by atoms with E-state index in [0.29, 0.717) is 6.61 Å². The summed E-state index contributed by atoms with van der Waals surface area (Å²) in [6.45, 7) is 4.50. The molecule has 0 N–H and O–H groups in total. The summed E-state index contributed by atoms with van der Waals surface area (Å²) in [5.41, 5.74) is 0. The normalized spacial score (nSPS) is 10.2. The summed E-state index contributed by atoms with van der Waals surface area (Å²) in [6.07, 6.45) is 1.90. The van der Waals surface area contributed by atoms with Gasteiger partial charge in [0.25, 0.3) is 0 Å². The summed E-state index contributed by atoms with van der Waals surface area (Å²) in [7, 11) is 1.81. The Morgan fingerprint density at radius 1 is 1.50 bits per heavy atom. The zero-order chi connectivity index (χ0) is 12.0. The molecule has 5 nitrogen and oxygen atoms in total. The van der Waals surface area contributed by atoms with Gasteiger partial charge in [0, 0.05) is 25.0 Å². The Morgan fingerprint density at radius 3 is 2.88 bits per heavy atom. The summed E-state index contributed by atoms with van der Waals surface area (Å²) in [6, 6.07) is 0. The molecule has 0 aliphatic rings. The topological polar surface area (TPSA) is 55.3 Å². The fourth-order valence-corrected chi connectivity index (χ4v) is 1.86. The molecule has 0 radical (unpaired) electrons. The molecule has 0 aliphatic heterocycles. The smallest absolute Gasteiger partial charge is 0.325 e. The van der Waals surface area contributed by atoms with Gasteiger partial charge in [-0.1, -0.05) is 6.92 Å². The number of nitrogens with zero attached hydrogens (tertiary/aromatic N) is 3. The van der Waals surface area contributed by atoms with Crippen LogP contribution in [0, 0.1) is 0 Å². The average Bonchev–Trinajstić information content (AvgIpc) is 2.67. The van der Waals surface area contributed by atoms with Crippen LogP contribution in [-0.2, 0) is 16.0 Å². The first-order valence-electron chi connectivity index (χ1n) is 5.36. The Labute approximate surface area is 99.6 Å². The molecule has 6 heteroatoms. The van der Waals surface area contributed by atoms with Crippen LogP contribution in [0.15, 0.2) is 0 Å². The first-order chi connectivity index (χ1) is 7.67. The van der Waals surface area contributed by atoms with Crippen molar-refractivity contribution in [2.24, 2.45) is 0 Å². The minimum atomic E-state index is -0.239. The van der Waals surface area contributed by atoms with Crippen LogP contribution in [-0.4, -0.2) is 35.5 Å². The van der Waals surface area contributed by atoms with Crippen LogP contribution >= 0.6 is 11.5 Å². The second kappa shape index (κ2) is 6.42. The maximum atomic E-state index is 11.3. The average molecular weight is 243 g/mol. The fraction of sp³-hybridized carbons (Fsp3) is 0.700. The zero-order valence-corrected chi connectivity index (χ0v) is 10.7. The Kier molecular flexibility index (Phi) is 5.18. The van der Waals surface area contributed by atoms with Crippen molar-refractivity contribution in [1.29, 1.82) is 0 Å². The zero-order valence-electron chi connectivity index (χ0n) is 9.89. The number of carbonyl (C=O) groups is 1. The summed E-state index contributed by atoms with van der Waals surface area (Å²) in [5.74, 6) is 0.607. The van der Waals surface area contributed by atoms with Crippen molar-refractivity contribution in [3.8, 4) is 0 Å². The van der Waals surface area contributed by atoms with Crippen molar-refractivity contribution >= 4 is 22.6 Å². The predicted octanol–water partition coefficient (Wildman–Crippen LogP) is 1.49. The Morgan fingerprint density at radius 2 is 2.25 bits per heavy atom. The van der Waals surface area contributed by atoms with Crippen LogP contribution in [0.3, 0.4) is 0 Å². The number of carbonyl (C=O) groups excluding carboxylic acids is 1. The van der Waals surface area contributed by atoms with Crippen LogP contribution < -0.4 is 4.90 Å². The third kappa shape index (κ3) is 3.77. The van der Waals surface area contributed by atoms with Gasteiger partial charge in [0.15, 0.2) is 0 Å². The molecular formula is C10H17N3O2S. The van der Waals surface area contributed by atoms with Crippen molar-refractivity contribution in [2.45, 2.75) is 26.7 Å². The van der Waals surface area contributed by atoms with Crippen LogP contribution in [0.1, 0.15) is 26.1 Å². The second-order valence-corrected chi connectivity index (χ2v) is 4.13. The molecule has 1 heterocycles. The fourth-order valence-electron chi connectivity index (χ4n) is 1.19. The van der Waals surface area contributed by atoms with Gasteiger partial charge >= 0.3 is 5.97 Å². The van der Waals surface area contributed by atoms with Gasteiger partial charge in [-0.2, -0.15) is 4.37 Å². The van der Waals surface area contributed by atoms with Gasteiger partial charge in [-0.25, -0.2) is 4.98 Å². The van der Waals surface area contributed by atoms with Gasteiger partial charge in [-0.3, -0.25) is 4.79 Å². The van der Waals surface area contributed by atoms with Crippen molar-refractivity contribution in [1.82, 2.24) is 9.36 Å². The van der Waals surface area contributed by atoms with Crippen LogP contribution in [0.2, 0.25) is 0 Å². The highest BCUT2D eigenvalue weighted by atomic mass is 32.1. The van der Waals surface area contributed by atoms with E-state index in [9.17, 15) is 4.79 Å². The number of hydrogen-bond donors (Lipinski definition) is 0. The van der Waals surface area contributed by atoms with E-state index in [-0.39, 0.29) is 12.5 Å². The van der Waals surface area contributed by atoms with Gasteiger partial charge in [-0.15, -0.1) is 0 Å². The van der Waals surface area contributed by atoms with Gasteiger partial charge in [0.05, 0.1) is 6.61 Å². The monoisotopic (exact) mass is 243 g/mol. The van der Waals surface area contributed by atoms with E-state index in [4.69, 9.17) is 4.74 Å². The lowest BCUT2D eigenvalue weighted by Crippen LogP contribution is -2.27. The largest absolute Gasteiger partial charge is 0.465 e. The third-order valence-corrected chi connectivity index (χ3v) is 2.80. The first-order valence-corrected chi connectivity index (χ1v) is 6.14. The van der Waals surface area contributed by atoms with Gasteiger partial charge in [0.2, 0.25) is 5.13 Å². The number of anilines is 1. The summed E-state index contributed by atoms with van der Waals surface area (Å²) in [5, 5.41) is 0.761. The number of esters is 1. The summed E-state index contributed by atoms with van der Waals surface area (Å²) >= 11 is 1.31. The molecule has 0 amide bonds. The molecule has 0 aromatic carbocycles. The van der Waals surface area contributed by atoms with Crippen molar-refractivity contribution in [3.63, 3.8) is 0 Å². The molecule has 16 heavy (non-hydrogen) atoms. The molecule has 0 saturated heterocycles. The highest BCUT2D eigenvalue weighted by Crippen LogP contribution is 2.16. The van der Waals surface area contributed by atoms with Gasteiger partial charge in [-0.05, 0) is 13.3 Å². The molecular weight excluding hydrogens is 226 g/mol. The Bertz CT molecular complexity index is 341. The standard InChI is InChI=1S/C10H17N3O2S/c1-4-6-8-11-10(16-12-8)13(3)7-9(14)15-5-2/h4-7H2,1-3H3. The first kappa shape index (κ1) is 12.9. The van der Waals surface area contributed by atoms with E-state index in [1.807, 2.05) is 7.05 Å². The van der Waals surface area contributed by atoms with E-state index < -0.39 is 0 Å². The number of ether oxygens (including phenoxy) is 1. The Hall–Kier alpha value is -1.17. The van der Waals surface area contributed by atoms with Gasteiger partial charge in [0.1, 0.15) is 12.4 Å². The number of aromatic nitrogens is 2. The molecule has 0 spiro atoms. The van der Waals surface area contributed by atoms with Crippen molar-refractivity contribution in [3.05, 3.63) is 5.82 Å². The number of hydrogen-bond acceptors (Lipinski definition) is 6. The maximum Gasteiger partial charge on any atom is 0.325 e. The van der Waals surface area contributed by atoms with E-state index >= 15 is 0 Å². The molecule has 0 fully saturated rings. The molecule has 0 aliphatic carbocycles. The number of likely N-dealkylation sites (N-methyl/N-ethyl adjacent to an activating group) is 1. The molecule has 0 saturated carbocycles. The van der Waals surface area contributed by atoms with Crippen LogP contribution in [0.5, 0.6) is 0 Å². The molecule has 1 aromatic rings. The molecule has 0 unspecified atom stereocenters. The van der Waals surface area contributed by atoms with Crippen molar-refractivity contribution in [2.75, 3.05) is 25.1 Å². The lowest BCUT2D eigenvalue weighted by molar-refractivity contribution is -0.141. The SMILES string of the molecule is CCCc1nsc(N(C)CC(=O)OCC)n1. The van der Waals surface area contributed by atoms with Crippen LogP contribution in [0.25, 0.3) is 0 Å². The molecule has 0 atom stereocenters. The van der Waals surface area contributed by atoms with E-state index in [1.165, 1.54) is 11.5 Å². The van der Waals surface area contributed by atoms with E-state index in [1.54, 1.807) is 11.8 Å². The highest BCUT2D eigenvalue weighted by molar-refractivity contribution is 7.09. The van der Waals surface area contributed by atoms with Crippen LogP contribution in [0.4, 0.5) is 5.13 Å². The minimum absolute atomic E-state index is 0.217. The molecule has 1 aromatic heterocycles. The number of aryl methyl sites for hydroxylation is 1. The Balaban J connectivity index is 2.51. The van der Waals surface area contributed by atoms with E-state index in [0.717, 1.165) is 23.8 Å². The predicted molar refractivity (Wildman–Crippen MR) is 63.8 cm³/mol. The maximum absolute atomic E-state index is 11.3. The molecule has 90 valence electrons. The molecule has 0 bridgehead atoms. The third-order valence-electron chi connectivity index (χ3n) is 1.93. The van der Waals surface area contributed by atoms with Crippen molar-refractivity contribution < 1.29 is 9.53 Å². The van der Waals surface area contributed by atoms with E-state index in [2.05, 4.69) is 16.3 Å². The van der Waals surface area contributed by atoms with Gasteiger partial charge < -0.3 is 9.64 Å². The lowest BCUT2D eigenvalue weighted by atomic mass is 10.3. The number of rotatable bonds is 6. The summed E-state index contributed by atoms with van der Waals surface area (Å²) in [4.78, 5) is 17.3. The second-order valence-electron chi connectivity index (χ2n) is 3.40. The summed E-state index contributed by atoms with van der Waals surface area (Å²) < 4.78 is 9.08. The highest BCUT2D eigenvalue weighted by Gasteiger charge is 2.12. The minimum Gasteiger partial charge on any atom is -0.465 e. The lowest BCUT2D eigenvalue weighted by Gasteiger charge is -2.13. The quantitative estimate of drug-likeness (QED) is 0.708.